The van der Waals surface area contributed by atoms with E-state index in [1.807, 2.05) is 20.8 Å². The maximum absolute atomic E-state index is 12.8. The zero-order chi connectivity index (χ0) is 26.3. The Balaban J connectivity index is 1.42. The number of pyridine rings is 1. The molecule has 1 atom stereocenters. The fraction of sp³-hybridized carbons (Fsp3) is 0.690. The second-order valence-electron chi connectivity index (χ2n) is 12.0. The Morgan fingerprint density at radius 1 is 1.16 bits per heavy atom. The SMILES string of the molecule is C=C(CCOC)N1CCN(c2nc(C3CC3)c3c(c2C#N)CCN(C(=O)OC(C)(C)C)C3)C[C@H]1C1CC1. The van der Waals surface area contributed by atoms with Crippen LogP contribution in [0.5, 0.6) is 0 Å². The molecule has 2 aliphatic heterocycles. The number of nitrogens with zero attached hydrogens (tertiary/aromatic N) is 5. The number of piperazine rings is 1. The van der Waals surface area contributed by atoms with Crippen LogP contribution in [0.1, 0.15) is 81.2 Å². The molecule has 4 aliphatic rings. The summed E-state index contributed by atoms with van der Waals surface area (Å²) < 4.78 is 11.0. The van der Waals surface area contributed by atoms with Crippen LogP contribution in [0.4, 0.5) is 10.6 Å². The highest BCUT2D eigenvalue weighted by atomic mass is 16.6. The summed E-state index contributed by atoms with van der Waals surface area (Å²) in [5.74, 6) is 1.95. The molecule has 2 saturated carbocycles. The first-order valence-corrected chi connectivity index (χ1v) is 13.8. The molecule has 3 fully saturated rings. The average Bonchev–Trinajstić information content (AvgIpc) is 3.78. The molecule has 1 aromatic heterocycles. The first-order chi connectivity index (χ1) is 17.7. The Kier molecular flexibility index (Phi) is 7.10. The number of fused-ring (bicyclic) bond motifs is 1. The lowest BCUT2D eigenvalue weighted by Crippen LogP contribution is -2.54. The van der Waals surface area contributed by atoms with Crippen LogP contribution in [-0.4, -0.2) is 72.4 Å². The van der Waals surface area contributed by atoms with Crippen molar-refractivity contribution in [3.63, 3.8) is 0 Å². The van der Waals surface area contributed by atoms with Crippen molar-refractivity contribution in [3.8, 4) is 6.07 Å². The molecule has 8 nitrogen and oxygen atoms in total. The maximum atomic E-state index is 12.8. The van der Waals surface area contributed by atoms with Crippen molar-refractivity contribution in [1.82, 2.24) is 14.8 Å². The third-order valence-electron chi connectivity index (χ3n) is 8.02. The van der Waals surface area contributed by atoms with Crippen molar-refractivity contribution in [1.29, 1.82) is 5.26 Å². The molecule has 0 unspecified atom stereocenters. The zero-order valence-corrected chi connectivity index (χ0v) is 22.9. The summed E-state index contributed by atoms with van der Waals surface area (Å²) in [4.78, 5) is 24.7. The number of aromatic nitrogens is 1. The number of hydrogen-bond donors (Lipinski definition) is 0. The summed E-state index contributed by atoms with van der Waals surface area (Å²) in [7, 11) is 1.74. The smallest absolute Gasteiger partial charge is 0.410 e. The predicted molar refractivity (Wildman–Crippen MR) is 142 cm³/mol. The summed E-state index contributed by atoms with van der Waals surface area (Å²) in [5.41, 5.74) is 4.57. The predicted octanol–water partition coefficient (Wildman–Crippen LogP) is 4.57. The molecule has 37 heavy (non-hydrogen) atoms. The van der Waals surface area contributed by atoms with Gasteiger partial charge in [0, 0.05) is 57.4 Å². The molecule has 0 N–H and O–H groups in total. The maximum Gasteiger partial charge on any atom is 0.410 e. The lowest BCUT2D eigenvalue weighted by molar-refractivity contribution is 0.0223. The molecule has 0 spiro atoms. The Labute approximate surface area is 221 Å². The van der Waals surface area contributed by atoms with Crippen molar-refractivity contribution >= 4 is 11.9 Å². The first-order valence-electron chi connectivity index (χ1n) is 13.8. The van der Waals surface area contributed by atoms with E-state index in [1.165, 1.54) is 12.8 Å². The van der Waals surface area contributed by atoms with E-state index < -0.39 is 5.60 Å². The largest absolute Gasteiger partial charge is 0.444 e. The van der Waals surface area contributed by atoms with Gasteiger partial charge >= 0.3 is 6.09 Å². The van der Waals surface area contributed by atoms with E-state index in [4.69, 9.17) is 14.5 Å². The van der Waals surface area contributed by atoms with Crippen LogP contribution in [0.3, 0.4) is 0 Å². The van der Waals surface area contributed by atoms with Crippen LogP contribution in [0.2, 0.25) is 0 Å². The normalized spacial score (nSPS) is 21.9. The Morgan fingerprint density at radius 2 is 1.92 bits per heavy atom. The van der Waals surface area contributed by atoms with E-state index in [-0.39, 0.29) is 6.09 Å². The number of hydrogen-bond acceptors (Lipinski definition) is 7. The standard InChI is InChI=1S/C29H41N5O3/c1-19(11-15-36-5)34-14-13-32(18-25(34)20-6-7-20)27-23(16-30)22-10-12-33(28(35)37-29(2,3)4)17-24(22)26(31-27)21-8-9-21/h20-21,25H,1,6-15,17-18H2,2-5H3/t25-/m0/s1. The summed E-state index contributed by atoms with van der Waals surface area (Å²) >= 11 is 0. The number of nitriles is 1. The van der Waals surface area contributed by atoms with Gasteiger partial charge in [0.25, 0.3) is 0 Å². The second-order valence-corrected chi connectivity index (χ2v) is 12.0. The van der Waals surface area contributed by atoms with Gasteiger partial charge in [0.15, 0.2) is 0 Å². The fourth-order valence-electron chi connectivity index (χ4n) is 5.81. The molecule has 3 heterocycles. The van der Waals surface area contributed by atoms with E-state index in [9.17, 15) is 10.1 Å². The van der Waals surface area contributed by atoms with Gasteiger partial charge in [-0.15, -0.1) is 0 Å². The van der Waals surface area contributed by atoms with Gasteiger partial charge in [0.05, 0.1) is 24.4 Å². The molecular formula is C29H41N5O3. The third-order valence-corrected chi connectivity index (χ3v) is 8.02. The molecule has 1 amide bonds. The number of carbonyl (C=O) groups excluding carboxylic acids is 1. The van der Waals surface area contributed by atoms with Crippen LogP contribution in [0, 0.1) is 17.2 Å². The molecule has 8 heteroatoms. The van der Waals surface area contributed by atoms with Crippen molar-refractivity contribution in [2.75, 3.05) is 44.8 Å². The summed E-state index contributed by atoms with van der Waals surface area (Å²) in [6, 6.07) is 2.92. The van der Waals surface area contributed by atoms with Gasteiger partial charge in [-0.3, -0.25) is 0 Å². The Hall–Kier alpha value is -2.79. The van der Waals surface area contributed by atoms with E-state index >= 15 is 0 Å². The Morgan fingerprint density at radius 3 is 2.54 bits per heavy atom. The fourth-order valence-corrected chi connectivity index (χ4v) is 5.81. The molecule has 5 rings (SSSR count). The lowest BCUT2D eigenvalue weighted by atomic mass is 9.92. The van der Waals surface area contributed by atoms with Crippen LogP contribution < -0.4 is 4.90 Å². The van der Waals surface area contributed by atoms with E-state index in [2.05, 4.69) is 22.4 Å². The van der Waals surface area contributed by atoms with Gasteiger partial charge in [-0.25, -0.2) is 9.78 Å². The van der Waals surface area contributed by atoms with Crippen LogP contribution in [0.25, 0.3) is 0 Å². The molecule has 200 valence electrons. The summed E-state index contributed by atoms with van der Waals surface area (Å²) in [6.07, 6.45) is 5.96. The minimum atomic E-state index is -0.536. The van der Waals surface area contributed by atoms with E-state index in [0.717, 1.165) is 67.2 Å². The van der Waals surface area contributed by atoms with Gasteiger partial charge in [-0.1, -0.05) is 6.58 Å². The van der Waals surface area contributed by atoms with Gasteiger partial charge in [-0.05, 0) is 69.9 Å². The molecule has 2 aliphatic carbocycles. The van der Waals surface area contributed by atoms with Crippen molar-refractivity contribution in [2.45, 2.75) is 83.4 Å². The molecular weight excluding hydrogens is 466 g/mol. The van der Waals surface area contributed by atoms with Crippen LogP contribution in [0.15, 0.2) is 12.3 Å². The monoisotopic (exact) mass is 507 g/mol. The van der Waals surface area contributed by atoms with Crippen molar-refractivity contribution < 1.29 is 14.3 Å². The van der Waals surface area contributed by atoms with Gasteiger partial charge in [-0.2, -0.15) is 5.26 Å². The first kappa shape index (κ1) is 25.8. The number of methoxy groups -OCH3 is 1. The average molecular weight is 508 g/mol. The minimum Gasteiger partial charge on any atom is -0.444 e. The highest BCUT2D eigenvalue weighted by Crippen LogP contribution is 2.45. The number of ether oxygens (including phenoxy) is 2. The van der Waals surface area contributed by atoms with E-state index in [0.29, 0.717) is 49.6 Å². The molecule has 0 radical (unpaired) electrons. The van der Waals surface area contributed by atoms with Crippen molar-refractivity contribution in [2.24, 2.45) is 5.92 Å². The number of rotatable bonds is 7. The minimum absolute atomic E-state index is 0.292. The molecule has 1 aromatic rings. The topological polar surface area (TPSA) is 81.9 Å². The Bertz CT molecular complexity index is 1100. The molecule has 0 aromatic carbocycles. The number of anilines is 1. The summed E-state index contributed by atoms with van der Waals surface area (Å²) in [6.45, 7) is 14.3. The van der Waals surface area contributed by atoms with E-state index in [1.54, 1.807) is 12.0 Å². The highest BCUT2D eigenvalue weighted by Gasteiger charge is 2.41. The van der Waals surface area contributed by atoms with Crippen LogP contribution in [-0.2, 0) is 22.4 Å². The number of carbonyl (C=O) groups is 1. The van der Waals surface area contributed by atoms with Crippen LogP contribution >= 0.6 is 0 Å². The molecule has 0 bridgehead atoms. The van der Waals surface area contributed by atoms with Gasteiger partial charge in [0.2, 0.25) is 0 Å². The number of amides is 1. The quantitative estimate of drug-likeness (QED) is 0.534. The highest BCUT2D eigenvalue weighted by molar-refractivity contribution is 5.70. The lowest BCUT2D eigenvalue weighted by Gasteiger charge is -2.45. The summed E-state index contributed by atoms with van der Waals surface area (Å²) in [5, 5.41) is 10.3. The molecule has 1 saturated heterocycles. The zero-order valence-electron chi connectivity index (χ0n) is 22.9. The third kappa shape index (κ3) is 5.57. The second kappa shape index (κ2) is 10.2. The van der Waals surface area contributed by atoms with Crippen molar-refractivity contribution in [3.05, 3.63) is 34.7 Å². The van der Waals surface area contributed by atoms with Gasteiger partial charge < -0.3 is 24.2 Å². The van der Waals surface area contributed by atoms with Gasteiger partial charge in [0.1, 0.15) is 17.5 Å².